The van der Waals surface area contributed by atoms with E-state index in [1.807, 2.05) is 60.7 Å². The van der Waals surface area contributed by atoms with E-state index in [1.165, 1.54) is 5.56 Å². The summed E-state index contributed by atoms with van der Waals surface area (Å²) in [5.74, 6) is 0.179. The Hall–Kier alpha value is -3.24. The van der Waals surface area contributed by atoms with Crippen molar-refractivity contribution in [2.24, 2.45) is 0 Å². The van der Waals surface area contributed by atoms with Crippen LogP contribution in [0.4, 0.5) is 0 Å². The number of carbonyl (C=O) groups is 2. The van der Waals surface area contributed by atoms with Gasteiger partial charge in [-0.25, -0.2) is 0 Å². The molecule has 0 fully saturated rings. The molecule has 0 bridgehead atoms. The highest BCUT2D eigenvalue weighted by atomic mass is 16.5. The summed E-state index contributed by atoms with van der Waals surface area (Å²) in [6.45, 7) is 1.35. The van der Waals surface area contributed by atoms with E-state index < -0.39 is 0 Å². The molecule has 0 saturated heterocycles. The molecule has 1 N–H and O–H groups in total. The van der Waals surface area contributed by atoms with Crippen LogP contribution in [-0.2, 0) is 17.8 Å². The van der Waals surface area contributed by atoms with Gasteiger partial charge in [-0.05, 0) is 35.4 Å². The average molecular weight is 373 g/mol. The summed E-state index contributed by atoms with van der Waals surface area (Å²) in [6, 6.07) is 26.2. The highest BCUT2D eigenvalue weighted by molar-refractivity contribution is 5.96. The molecule has 4 nitrogen and oxygen atoms in total. The Bertz CT molecular complexity index is 890. The Morgan fingerprint density at radius 1 is 0.750 bits per heavy atom. The first-order valence-electron chi connectivity index (χ1n) is 9.33. The zero-order chi connectivity index (χ0) is 19.6. The lowest BCUT2D eigenvalue weighted by atomic mass is 10.1. The zero-order valence-electron chi connectivity index (χ0n) is 15.6. The Balaban J connectivity index is 1.42. The van der Waals surface area contributed by atoms with Gasteiger partial charge < -0.3 is 10.1 Å². The topological polar surface area (TPSA) is 55.4 Å². The lowest BCUT2D eigenvalue weighted by Gasteiger charge is -2.07. The number of ether oxygens (including phenoxy) is 1. The number of hydrogen-bond donors (Lipinski definition) is 1. The first-order chi connectivity index (χ1) is 13.7. The molecule has 28 heavy (non-hydrogen) atoms. The van der Waals surface area contributed by atoms with Gasteiger partial charge in [-0.3, -0.25) is 9.59 Å². The second-order valence-electron chi connectivity index (χ2n) is 6.50. The van der Waals surface area contributed by atoms with E-state index in [0.29, 0.717) is 24.3 Å². The third-order valence-electron chi connectivity index (χ3n) is 4.30. The van der Waals surface area contributed by atoms with Gasteiger partial charge in [0.15, 0.2) is 5.78 Å². The summed E-state index contributed by atoms with van der Waals surface area (Å²) in [7, 11) is 0. The molecule has 0 aliphatic rings. The van der Waals surface area contributed by atoms with Gasteiger partial charge in [0.25, 0.3) is 0 Å². The highest BCUT2D eigenvalue weighted by Gasteiger charge is 2.09. The fourth-order valence-electron chi connectivity index (χ4n) is 2.81. The van der Waals surface area contributed by atoms with Gasteiger partial charge in [-0.1, -0.05) is 60.7 Å². The molecule has 142 valence electrons. The monoisotopic (exact) mass is 373 g/mol. The van der Waals surface area contributed by atoms with Crippen molar-refractivity contribution in [3.05, 3.63) is 102 Å². The minimum absolute atomic E-state index is 0.0581. The van der Waals surface area contributed by atoms with Gasteiger partial charge in [-0.15, -0.1) is 0 Å². The molecule has 0 aliphatic carbocycles. The van der Waals surface area contributed by atoms with E-state index in [0.717, 1.165) is 12.1 Å². The molecule has 0 heterocycles. The third-order valence-corrected chi connectivity index (χ3v) is 4.30. The van der Waals surface area contributed by atoms with Gasteiger partial charge >= 0.3 is 5.97 Å². The lowest BCUT2D eigenvalue weighted by Crippen LogP contribution is -2.18. The largest absolute Gasteiger partial charge is 0.426 e. The molecule has 0 amide bonds. The van der Waals surface area contributed by atoms with Crippen LogP contribution in [0.5, 0.6) is 5.75 Å². The molecule has 0 saturated carbocycles. The number of esters is 1. The zero-order valence-corrected chi connectivity index (χ0v) is 15.6. The predicted molar refractivity (Wildman–Crippen MR) is 109 cm³/mol. The van der Waals surface area contributed by atoms with E-state index in [1.54, 1.807) is 24.3 Å². The lowest BCUT2D eigenvalue weighted by molar-refractivity contribution is -0.133. The summed E-state index contributed by atoms with van der Waals surface area (Å²) in [4.78, 5) is 24.3. The molecule has 0 atom stereocenters. The number of ketones is 1. The molecule has 0 radical (unpaired) electrons. The van der Waals surface area contributed by atoms with Crippen LogP contribution in [0.25, 0.3) is 0 Å². The van der Waals surface area contributed by atoms with Crippen molar-refractivity contribution in [2.75, 3.05) is 6.54 Å². The average Bonchev–Trinajstić information content (AvgIpc) is 2.73. The molecule has 0 unspecified atom stereocenters. The maximum atomic E-state index is 12.3. The van der Waals surface area contributed by atoms with E-state index in [-0.39, 0.29) is 18.2 Å². The Labute approximate surface area is 165 Å². The number of benzene rings is 3. The summed E-state index contributed by atoms with van der Waals surface area (Å²) in [5.41, 5.74) is 2.71. The summed E-state index contributed by atoms with van der Waals surface area (Å²) in [6.07, 6.45) is 0.634. The smallest absolute Gasteiger partial charge is 0.315 e. The van der Waals surface area contributed by atoms with E-state index in [9.17, 15) is 9.59 Å². The molecule has 3 aromatic rings. The van der Waals surface area contributed by atoms with Crippen molar-refractivity contribution in [3.8, 4) is 5.75 Å². The van der Waals surface area contributed by atoms with Gasteiger partial charge in [0.1, 0.15) is 5.75 Å². The highest BCUT2D eigenvalue weighted by Crippen LogP contribution is 2.14. The second-order valence-corrected chi connectivity index (χ2v) is 6.50. The number of hydrogen-bond acceptors (Lipinski definition) is 4. The Kier molecular flexibility index (Phi) is 7.10. The summed E-state index contributed by atoms with van der Waals surface area (Å²) in [5, 5.41) is 3.27. The van der Waals surface area contributed by atoms with Crippen molar-refractivity contribution in [2.45, 2.75) is 19.4 Å². The fraction of sp³-hybridized carbons (Fsp3) is 0.167. The van der Waals surface area contributed by atoms with Crippen molar-refractivity contribution in [3.63, 3.8) is 0 Å². The van der Waals surface area contributed by atoms with Crippen molar-refractivity contribution < 1.29 is 14.3 Å². The first kappa shape index (κ1) is 19.5. The van der Waals surface area contributed by atoms with Gasteiger partial charge in [0.05, 0.1) is 6.42 Å². The van der Waals surface area contributed by atoms with Crippen LogP contribution in [0.15, 0.2) is 84.9 Å². The molecule has 0 aromatic heterocycles. The van der Waals surface area contributed by atoms with Crippen molar-refractivity contribution in [1.29, 1.82) is 0 Å². The molecule has 3 aromatic carbocycles. The van der Waals surface area contributed by atoms with Crippen LogP contribution < -0.4 is 10.1 Å². The molecular formula is C24H23NO3. The van der Waals surface area contributed by atoms with Crippen LogP contribution in [0.2, 0.25) is 0 Å². The number of carbonyl (C=O) groups excluding carboxylic acids is 2. The van der Waals surface area contributed by atoms with E-state index in [4.69, 9.17) is 4.74 Å². The first-order valence-corrected chi connectivity index (χ1v) is 9.33. The number of rotatable bonds is 9. The minimum atomic E-state index is -0.324. The Morgan fingerprint density at radius 3 is 2.00 bits per heavy atom. The fourth-order valence-corrected chi connectivity index (χ4v) is 2.81. The number of nitrogens with one attached hydrogen (secondary N) is 1. The summed E-state index contributed by atoms with van der Waals surface area (Å²) >= 11 is 0. The van der Waals surface area contributed by atoms with Crippen LogP contribution in [0, 0.1) is 0 Å². The third kappa shape index (κ3) is 6.18. The van der Waals surface area contributed by atoms with Crippen LogP contribution in [0.1, 0.15) is 27.9 Å². The standard InChI is InChI=1S/C24H23NO3/c26-23(15-16-25-18-20-9-5-2-6-10-20)21-11-13-22(14-12-21)28-24(27)17-19-7-3-1-4-8-19/h1-14,25H,15-18H2. The molecule has 0 aliphatic heterocycles. The molecular weight excluding hydrogens is 350 g/mol. The van der Waals surface area contributed by atoms with Crippen molar-refractivity contribution >= 4 is 11.8 Å². The maximum absolute atomic E-state index is 12.3. The molecule has 3 rings (SSSR count). The quantitative estimate of drug-likeness (QED) is 0.264. The van der Waals surface area contributed by atoms with E-state index in [2.05, 4.69) is 5.32 Å². The predicted octanol–water partition coefficient (Wildman–Crippen LogP) is 4.20. The number of Topliss-reactive ketones (excluding diaryl/α,β-unsaturated/α-hetero) is 1. The SMILES string of the molecule is O=C(Cc1ccccc1)Oc1ccc(C(=O)CCNCc2ccccc2)cc1. The van der Waals surface area contributed by atoms with Gasteiger partial charge in [0, 0.05) is 25.1 Å². The minimum Gasteiger partial charge on any atom is -0.426 e. The van der Waals surface area contributed by atoms with Crippen molar-refractivity contribution in [1.82, 2.24) is 5.32 Å². The van der Waals surface area contributed by atoms with Gasteiger partial charge in [-0.2, -0.15) is 0 Å². The Morgan fingerprint density at radius 2 is 1.36 bits per heavy atom. The second kappa shape index (κ2) is 10.2. The van der Waals surface area contributed by atoms with Crippen LogP contribution in [0.3, 0.4) is 0 Å². The van der Waals surface area contributed by atoms with Gasteiger partial charge in [0.2, 0.25) is 0 Å². The molecule has 0 spiro atoms. The van der Waals surface area contributed by atoms with Crippen LogP contribution >= 0.6 is 0 Å². The maximum Gasteiger partial charge on any atom is 0.315 e. The molecule has 4 heteroatoms. The normalized spacial score (nSPS) is 10.4. The van der Waals surface area contributed by atoms with E-state index >= 15 is 0 Å². The van der Waals surface area contributed by atoms with Crippen LogP contribution in [-0.4, -0.2) is 18.3 Å². The summed E-state index contributed by atoms with van der Waals surface area (Å²) < 4.78 is 5.34.